The number of thiophene rings is 1. The van der Waals surface area contributed by atoms with Crippen LogP contribution in [0.25, 0.3) is 6.08 Å². The number of carboxylic acids is 1. The van der Waals surface area contributed by atoms with Gasteiger partial charge in [-0.1, -0.05) is 0 Å². The number of hydrogen-bond donors (Lipinski definition) is 2. The molecule has 0 bridgehead atoms. The van der Waals surface area contributed by atoms with E-state index in [1.54, 1.807) is 24.3 Å². The predicted octanol–water partition coefficient (Wildman–Crippen LogP) is 2.05. The van der Waals surface area contributed by atoms with Crippen LogP contribution in [0.15, 0.2) is 18.2 Å². The minimum atomic E-state index is -0.921. The summed E-state index contributed by atoms with van der Waals surface area (Å²) in [5, 5.41) is 11.1. The third-order valence-electron chi connectivity index (χ3n) is 2.03. The van der Waals surface area contributed by atoms with Crippen LogP contribution in [-0.2, 0) is 9.59 Å². The van der Waals surface area contributed by atoms with Gasteiger partial charge in [-0.25, -0.2) is 0 Å². The molecule has 0 aliphatic carbocycles. The van der Waals surface area contributed by atoms with Crippen LogP contribution < -0.4 is 5.32 Å². The highest BCUT2D eigenvalue weighted by molar-refractivity contribution is 7.12. The van der Waals surface area contributed by atoms with E-state index in [2.05, 4.69) is 5.32 Å². The largest absolute Gasteiger partial charge is 0.481 e. The van der Waals surface area contributed by atoms with Crippen LogP contribution in [0.2, 0.25) is 0 Å². The van der Waals surface area contributed by atoms with Crippen LogP contribution in [0.1, 0.15) is 23.1 Å². The zero-order valence-electron chi connectivity index (χ0n) is 9.77. The number of carbonyl (C=O) groups is 2. The molecule has 1 rings (SSSR count). The molecule has 0 spiro atoms. The molecule has 92 valence electrons. The van der Waals surface area contributed by atoms with Crippen molar-refractivity contribution in [2.24, 2.45) is 0 Å². The third kappa shape index (κ3) is 5.31. The quantitative estimate of drug-likeness (QED) is 0.789. The zero-order chi connectivity index (χ0) is 12.8. The van der Waals surface area contributed by atoms with E-state index in [4.69, 9.17) is 5.11 Å². The van der Waals surface area contributed by atoms with Gasteiger partial charge in [-0.2, -0.15) is 0 Å². The number of rotatable bonds is 5. The molecule has 0 aliphatic heterocycles. The highest BCUT2D eigenvalue weighted by atomic mass is 32.1. The molecule has 1 aromatic heterocycles. The molecule has 2 N–H and O–H groups in total. The molecular weight excluding hydrogens is 238 g/mol. The van der Waals surface area contributed by atoms with E-state index in [-0.39, 0.29) is 18.4 Å². The smallest absolute Gasteiger partial charge is 0.305 e. The Bertz CT molecular complexity index is 437. The molecule has 0 radical (unpaired) electrons. The minimum absolute atomic E-state index is 0.0717. The number of carboxylic acid groups (broad SMARTS) is 1. The molecule has 0 aliphatic rings. The van der Waals surface area contributed by atoms with Crippen LogP contribution >= 0.6 is 11.3 Å². The Morgan fingerprint density at radius 3 is 2.76 bits per heavy atom. The zero-order valence-corrected chi connectivity index (χ0v) is 10.6. The summed E-state index contributed by atoms with van der Waals surface area (Å²) in [5.74, 6) is -1.19. The maximum Gasteiger partial charge on any atom is 0.305 e. The second-order valence-electron chi connectivity index (χ2n) is 3.79. The maximum absolute atomic E-state index is 11.4. The fourth-order valence-corrected chi connectivity index (χ4v) is 2.08. The van der Waals surface area contributed by atoms with Crippen molar-refractivity contribution in [1.82, 2.24) is 5.32 Å². The highest BCUT2D eigenvalue weighted by Gasteiger charge is 2.08. The van der Waals surface area contributed by atoms with E-state index in [0.717, 1.165) is 4.88 Å². The van der Waals surface area contributed by atoms with Crippen molar-refractivity contribution in [3.05, 3.63) is 28.0 Å². The fraction of sp³-hybridized carbons (Fsp3) is 0.333. The molecule has 1 heterocycles. The van der Waals surface area contributed by atoms with Gasteiger partial charge in [0.05, 0.1) is 6.42 Å². The van der Waals surface area contributed by atoms with Crippen LogP contribution in [0.3, 0.4) is 0 Å². The molecule has 5 heteroatoms. The van der Waals surface area contributed by atoms with E-state index in [0.29, 0.717) is 0 Å². The van der Waals surface area contributed by atoms with Gasteiger partial charge in [0.15, 0.2) is 0 Å². The Kier molecular flexibility index (Phi) is 4.90. The molecule has 1 amide bonds. The van der Waals surface area contributed by atoms with Gasteiger partial charge in [-0.15, -0.1) is 11.3 Å². The standard InChI is InChI=1S/C12H15NO3S/c1-8(7-12(15)16)13-11(14)6-5-10-4-3-9(2)17-10/h3-6,8H,7H2,1-2H3,(H,13,14)(H,15,16)/b6-5+. The van der Waals surface area contributed by atoms with Gasteiger partial charge in [0.1, 0.15) is 0 Å². The lowest BCUT2D eigenvalue weighted by molar-refractivity contribution is -0.137. The number of carbonyl (C=O) groups excluding carboxylic acids is 1. The molecule has 0 aromatic carbocycles. The van der Waals surface area contributed by atoms with Gasteiger partial charge in [-0.3, -0.25) is 9.59 Å². The average molecular weight is 253 g/mol. The van der Waals surface area contributed by atoms with Gasteiger partial charge in [0.2, 0.25) is 5.91 Å². The lowest BCUT2D eigenvalue weighted by Crippen LogP contribution is -2.32. The van der Waals surface area contributed by atoms with E-state index < -0.39 is 5.97 Å². The number of aryl methyl sites for hydroxylation is 1. The first-order valence-electron chi connectivity index (χ1n) is 5.24. The topological polar surface area (TPSA) is 66.4 Å². The summed E-state index contributed by atoms with van der Waals surface area (Å²) in [6, 6.07) is 3.55. The first kappa shape index (κ1) is 13.4. The summed E-state index contributed by atoms with van der Waals surface area (Å²) in [5.41, 5.74) is 0. The van der Waals surface area contributed by atoms with Crippen molar-refractivity contribution < 1.29 is 14.7 Å². The summed E-state index contributed by atoms with van der Waals surface area (Å²) in [7, 11) is 0. The monoisotopic (exact) mass is 253 g/mol. The van der Waals surface area contributed by atoms with E-state index in [1.165, 1.54) is 11.0 Å². The molecule has 1 atom stereocenters. The van der Waals surface area contributed by atoms with Crippen molar-refractivity contribution in [2.75, 3.05) is 0 Å². The van der Waals surface area contributed by atoms with Crippen LogP contribution in [-0.4, -0.2) is 23.0 Å². The Morgan fingerprint density at radius 2 is 2.24 bits per heavy atom. The number of amides is 1. The minimum Gasteiger partial charge on any atom is -0.481 e. The summed E-state index contributed by atoms with van der Waals surface area (Å²) < 4.78 is 0. The van der Waals surface area contributed by atoms with Gasteiger partial charge >= 0.3 is 5.97 Å². The van der Waals surface area contributed by atoms with Crippen LogP contribution in [0, 0.1) is 6.92 Å². The SMILES string of the molecule is Cc1ccc(/C=C/C(=O)NC(C)CC(=O)O)s1. The fourth-order valence-electron chi connectivity index (χ4n) is 1.30. The van der Waals surface area contributed by atoms with E-state index >= 15 is 0 Å². The first-order chi connectivity index (χ1) is 7.97. The number of aliphatic carboxylic acids is 1. The van der Waals surface area contributed by atoms with Crippen molar-refractivity contribution in [3.63, 3.8) is 0 Å². The van der Waals surface area contributed by atoms with Crippen molar-refractivity contribution in [3.8, 4) is 0 Å². The van der Waals surface area contributed by atoms with E-state index in [1.807, 2.05) is 19.1 Å². The first-order valence-corrected chi connectivity index (χ1v) is 6.06. The Balaban J connectivity index is 2.44. The van der Waals surface area contributed by atoms with Crippen molar-refractivity contribution in [2.45, 2.75) is 26.3 Å². The average Bonchev–Trinajstić information content (AvgIpc) is 2.59. The summed E-state index contributed by atoms with van der Waals surface area (Å²) >= 11 is 1.60. The molecule has 17 heavy (non-hydrogen) atoms. The molecule has 0 saturated heterocycles. The van der Waals surface area contributed by atoms with E-state index in [9.17, 15) is 9.59 Å². The Labute approximate surface area is 104 Å². The highest BCUT2D eigenvalue weighted by Crippen LogP contribution is 2.16. The van der Waals surface area contributed by atoms with Crippen molar-refractivity contribution in [1.29, 1.82) is 0 Å². The van der Waals surface area contributed by atoms with Crippen molar-refractivity contribution >= 4 is 29.3 Å². The molecule has 0 fully saturated rings. The summed E-state index contributed by atoms with van der Waals surface area (Å²) in [4.78, 5) is 24.0. The number of hydrogen-bond acceptors (Lipinski definition) is 3. The maximum atomic E-state index is 11.4. The predicted molar refractivity (Wildman–Crippen MR) is 67.9 cm³/mol. The molecule has 0 saturated carbocycles. The van der Waals surface area contributed by atoms with Gasteiger partial charge in [0, 0.05) is 21.9 Å². The Morgan fingerprint density at radius 1 is 1.53 bits per heavy atom. The van der Waals surface area contributed by atoms with Crippen LogP contribution in [0.5, 0.6) is 0 Å². The third-order valence-corrected chi connectivity index (χ3v) is 3.00. The number of nitrogens with one attached hydrogen (secondary N) is 1. The lowest BCUT2D eigenvalue weighted by Gasteiger charge is -2.08. The van der Waals surface area contributed by atoms with Gasteiger partial charge in [-0.05, 0) is 32.1 Å². The lowest BCUT2D eigenvalue weighted by atomic mass is 10.2. The molecular formula is C12H15NO3S. The molecule has 4 nitrogen and oxygen atoms in total. The van der Waals surface area contributed by atoms with Gasteiger partial charge in [0.25, 0.3) is 0 Å². The summed E-state index contributed by atoms with van der Waals surface area (Å²) in [6.45, 7) is 3.66. The van der Waals surface area contributed by atoms with Gasteiger partial charge < -0.3 is 10.4 Å². The Hall–Kier alpha value is -1.62. The second kappa shape index (κ2) is 6.20. The van der Waals surface area contributed by atoms with Crippen LogP contribution in [0.4, 0.5) is 0 Å². The molecule has 1 unspecified atom stereocenters. The normalized spacial score (nSPS) is 12.6. The second-order valence-corrected chi connectivity index (χ2v) is 5.11. The summed E-state index contributed by atoms with van der Waals surface area (Å²) in [6.07, 6.45) is 3.07. The molecule has 1 aromatic rings.